The summed E-state index contributed by atoms with van der Waals surface area (Å²) in [6.07, 6.45) is 6.73. The summed E-state index contributed by atoms with van der Waals surface area (Å²) in [5, 5.41) is 8.79. The van der Waals surface area contributed by atoms with E-state index in [1.165, 1.54) is 32.1 Å². The van der Waals surface area contributed by atoms with Crippen molar-refractivity contribution < 1.29 is 9.90 Å². The third-order valence-electron chi connectivity index (χ3n) is 3.97. The van der Waals surface area contributed by atoms with E-state index in [0.717, 1.165) is 19.6 Å². The van der Waals surface area contributed by atoms with E-state index in [0.29, 0.717) is 5.41 Å². The Morgan fingerprint density at radius 2 is 1.93 bits per heavy atom. The highest BCUT2D eigenvalue weighted by Crippen LogP contribution is 2.37. The molecule has 1 N–H and O–H groups in total. The van der Waals surface area contributed by atoms with Crippen molar-refractivity contribution in [3.8, 4) is 0 Å². The topological polar surface area (TPSA) is 40.5 Å². The van der Waals surface area contributed by atoms with E-state index in [1.54, 1.807) is 0 Å². The van der Waals surface area contributed by atoms with Crippen LogP contribution in [0.4, 0.5) is 0 Å². The number of carbonyl (C=O) groups is 1. The van der Waals surface area contributed by atoms with Crippen molar-refractivity contribution in [3.05, 3.63) is 0 Å². The van der Waals surface area contributed by atoms with Crippen LogP contribution in [0.1, 0.15) is 39.0 Å². The minimum absolute atomic E-state index is 0.0998. The molecule has 0 aromatic rings. The molecule has 86 valence electrons. The first kappa shape index (κ1) is 10.9. The number of aliphatic carboxylic acids is 1. The molecule has 0 unspecified atom stereocenters. The number of carboxylic acids is 1. The minimum atomic E-state index is -0.625. The predicted molar refractivity (Wildman–Crippen MR) is 58.8 cm³/mol. The van der Waals surface area contributed by atoms with Crippen LogP contribution in [0.5, 0.6) is 0 Å². The SMILES string of the molecule is CC1(CN2CC(C(=O)O)C2)CCCCC1. The van der Waals surface area contributed by atoms with Crippen LogP contribution in [0.25, 0.3) is 0 Å². The van der Waals surface area contributed by atoms with Gasteiger partial charge in [0.2, 0.25) is 0 Å². The molecule has 3 heteroatoms. The molecule has 3 nitrogen and oxygen atoms in total. The molecule has 0 amide bonds. The third-order valence-corrected chi connectivity index (χ3v) is 3.97. The average molecular weight is 211 g/mol. The quantitative estimate of drug-likeness (QED) is 0.776. The molecule has 1 aliphatic heterocycles. The van der Waals surface area contributed by atoms with Crippen molar-refractivity contribution in [1.29, 1.82) is 0 Å². The number of likely N-dealkylation sites (tertiary alicyclic amines) is 1. The largest absolute Gasteiger partial charge is 0.481 e. The third kappa shape index (κ3) is 2.51. The summed E-state index contributed by atoms with van der Waals surface area (Å²) >= 11 is 0. The Morgan fingerprint density at radius 1 is 1.33 bits per heavy atom. The van der Waals surface area contributed by atoms with E-state index < -0.39 is 5.97 Å². The Hall–Kier alpha value is -0.570. The van der Waals surface area contributed by atoms with Crippen molar-refractivity contribution >= 4 is 5.97 Å². The molecule has 0 aromatic carbocycles. The van der Waals surface area contributed by atoms with Crippen molar-refractivity contribution in [2.24, 2.45) is 11.3 Å². The van der Waals surface area contributed by atoms with E-state index in [-0.39, 0.29) is 5.92 Å². The van der Waals surface area contributed by atoms with Crippen LogP contribution in [0, 0.1) is 11.3 Å². The van der Waals surface area contributed by atoms with Crippen LogP contribution in [0.3, 0.4) is 0 Å². The second kappa shape index (κ2) is 4.12. The van der Waals surface area contributed by atoms with Crippen LogP contribution in [0.2, 0.25) is 0 Å². The average Bonchev–Trinajstić information content (AvgIpc) is 2.11. The van der Waals surface area contributed by atoms with Gasteiger partial charge in [0.25, 0.3) is 0 Å². The fourth-order valence-corrected chi connectivity index (χ4v) is 2.96. The maximum absolute atomic E-state index is 10.7. The summed E-state index contributed by atoms with van der Waals surface area (Å²) in [5.74, 6) is -0.725. The molecule has 2 rings (SSSR count). The van der Waals surface area contributed by atoms with Gasteiger partial charge in [0.15, 0.2) is 0 Å². The number of hydrogen-bond acceptors (Lipinski definition) is 2. The lowest BCUT2D eigenvalue weighted by Crippen LogP contribution is -2.53. The molecule has 0 spiro atoms. The first-order valence-electron chi connectivity index (χ1n) is 6.04. The number of rotatable bonds is 3. The summed E-state index contributed by atoms with van der Waals surface area (Å²) < 4.78 is 0. The normalized spacial score (nSPS) is 27.3. The zero-order chi connectivity index (χ0) is 10.9. The molecule has 2 aliphatic rings. The van der Waals surface area contributed by atoms with E-state index in [9.17, 15) is 4.79 Å². The van der Waals surface area contributed by atoms with Gasteiger partial charge < -0.3 is 10.0 Å². The monoisotopic (exact) mass is 211 g/mol. The van der Waals surface area contributed by atoms with Gasteiger partial charge in [0.1, 0.15) is 0 Å². The summed E-state index contributed by atoms with van der Waals surface area (Å²) in [6.45, 7) is 5.01. The van der Waals surface area contributed by atoms with Crippen LogP contribution in [0.15, 0.2) is 0 Å². The Kier molecular flexibility index (Phi) is 3.01. The van der Waals surface area contributed by atoms with Gasteiger partial charge in [-0.2, -0.15) is 0 Å². The van der Waals surface area contributed by atoms with Gasteiger partial charge in [-0.25, -0.2) is 0 Å². The van der Waals surface area contributed by atoms with Gasteiger partial charge in [0, 0.05) is 19.6 Å². The predicted octanol–water partition coefficient (Wildman–Crippen LogP) is 1.97. The molecule has 0 radical (unpaired) electrons. The maximum Gasteiger partial charge on any atom is 0.309 e. The van der Waals surface area contributed by atoms with Crippen molar-refractivity contribution in [3.63, 3.8) is 0 Å². The van der Waals surface area contributed by atoms with Crippen molar-refractivity contribution in [1.82, 2.24) is 4.90 Å². The van der Waals surface area contributed by atoms with Crippen LogP contribution >= 0.6 is 0 Å². The summed E-state index contributed by atoms with van der Waals surface area (Å²) in [5.41, 5.74) is 0.460. The fourth-order valence-electron chi connectivity index (χ4n) is 2.96. The molecular weight excluding hydrogens is 190 g/mol. The highest BCUT2D eigenvalue weighted by molar-refractivity contribution is 5.71. The zero-order valence-electron chi connectivity index (χ0n) is 9.54. The first-order chi connectivity index (χ1) is 7.09. The van der Waals surface area contributed by atoms with Gasteiger partial charge in [0.05, 0.1) is 5.92 Å². The maximum atomic E-state index is 10.7. The molecule has 1 saturated heterocycles. The molecular formula is C12H21NO2. The molecule has 1 heterocycles. The van der Waals surface area contributed by atoms with Gasteiger partial charge in [-0.05, 0) is 18.3 Å². The highest BCUT2D eigenvalue weighted by Gasteiger charge is 2.37. The smallest absolute Gasteiger partial charge is 0.309 e. The second-order valence-electron chi connectivity index (χ2n) is 5.60. The Balaban J connectivity index is 1.76. The van der Waals surface area contributed by atoms with Crippen molar-refractivity contribution in [2.45, 2.75) is 39.0 Å². The minimum Gasteiger partial charge on any atom is -0.481 e. The summed E-state index contributed by atoms with van der Waals surface area (Å²) in [6, 6.07) is 0. The molecule has 1 aliphatic carbocycles. The molecule has 0 bridgehead atoms. The first-order valence-corrected chi connectivity index (χ1v) is 6.04. The van der Waals surface area contributed by atoms with Gasteiger partial charge >= 0.3 is 5.97 Å². The van der Waals surface area contributed by atoms with Crippen molar-refractivity contribution in [2.75, 3.05) is 19.6 Å². The van der Waals surface area contributed by atoms with Gasteiger partial charge in [-0.1, -0.05) is 26.2 Å². The van der Waals surface area contributed by atoms with Gasteiger partial charge in [-0.15, -0.1) is 0 Å². The van der Waals surface area contributed by atoms with Gasteiger partial charge in [-0.3, -0.25) is 4.79 Å². The Morgan fingerprint density at radius 3 is 2.47 bits per heavy atom. The lowest BCUT2D eigenvalue weighted by molar-refractivity contribution is -0.148. The Labute approximate surface area is 91.5 Å². The standard InChI is InChI=1S/C12H21NO2/c1-12(5-3-2-4-6-12)9-13-7-10(8-13)11(14)15/h10H,2-9H2,1H3,(H,14,15). The van der Waals surface area contributed by atoms with E-state index in [4.69, 9.17) is 5.11 Å². The van der Waals surface area contributed by atoms with Crippen LogP contribution in [-0.2, 0) is 4.79 Å². The fraction of sp³-hybridized carbons (Fsp3) is 0.917. The molecule has 1 saturated carbocycles. The Bertz CT molecular complexity index is 240. The van der Waals surface area contributed by atoms with E-state index in [2.05, 4.69) is 11.8 Å². The van der Waals surface area contributed by atoms with E-state index in [1.807, 2.05) is 0 Å². The molecule has 15 heavy (non-hydrogen) atoms. The summed E-state index contributed by atoms with van der Waals surface area (Å²) in [4.78, 5) is 13.0. The second-order valence-corrected chi connectivity index (χ2v) is 5.60. The number of hydrogen-bond donors (Lipinski definition) is 1. The summed E-state index contributed by atoms with van der Waals surface area (Å²) in [7, 11) is 0. The lowest BCUT2D eigenvalue weighted by atomic mass is 9.74. The molecule has 0 aromatic heterocycles. The number of nitrogens with zero attached hydrogens (tertiary/aromatic N) is 1. The number of carboxylic acid groups (broad SMARTS) is 1. The molecule has 0 atom stereocenters. The lowest BCUT2D eigenvalue weighted by Gasteiger charge is -2.44. The van der Waals surface area contributed by atoms with E-state index >= 15 is 0 Å². The highest BCUT2D eigenvalue weighted by atomic mass is 16.4. The molecule has 2 fully saturated rings. The van der Waals surface area contributed by atoms with Crippen LogP contribution < -0.4 is 0 Å². The van der Waals surface area contributed by atoms with Crippen LogP contribution in [-0.4, -0.2) is 35.6 Å². The zero-order valence-corrected chi connectivity index (χ0v) is 9.54.